The molecule has 0 fully saturated rings. The zero-order valence-electron chi connectivity index (χ0n) is 12.5. The van der Waals surface area contributed by atoms with Crippen molar-refractivity contribution < 1.29 is 19.1 Å². The molecule has 0 bridgehead atoms. The van der Waals surface area contributed by atoms with E-state index in [9.17, 15) is 10.1 Å². The van der Waals surface area contributed by atoms with E-state index in [1.807, 2.05) is 27.7 Å². The molecule has 1 aromatic rings. The summed E-state index contributed by atoms with van der Waals surface area (Å²) in [5, 5.41) is 11.0. The van der Waals surface area contributed by atoms with Crippen LogP contribution in [-0.2, 0) is 9.47 Å². The van der Waals surface area contributed by atoms with Gasteiger partial charge in [0.1, 0.15) is 0 Å². The van der Waals surface area contributed by atoms with Crippen LogP contribution in [0.5, 0.6) is 5.75 Å². The third-order valence-electron chi connectivity index (χ3n) is 2.43. The lowest BCUT2D eigenvalue weighted by molar-refractivity contribution is -0.386. The van der Waals surface area contributed by atoms with Crippen molar-refractivity contribution in [2.75, 3.05) is 7.11 Å². The SMILES string of the molecule is COC(OC(C)C)c1ccc([N+](=O)[O-])c(OC(C)C)c1. The van der Waals surface area contributed by atoms with Crippen LogP contribution in [0.2, 0.25) is 0 Å². The molecule has 0 saturated heterocycles. The Kier molecular flexibility index (Phi) is 5.91. The van der Waals surface area contributed by atoms with Gasteiger partial charge < -0.3 is 14.2 Å². The topological polar surface area (TPSA) is 70.8 Å². The van der Waals surface area contributed by atoms with E-state index in [2.05, 4.69) is 0 Å². The van der Waals surface area contributed by atoms with Gasteiger partial charge in [-0.25, -0.2) is 0 Å². The Morgan fingerprint density at radius 3 is 2.25 bits per heavy atom. The van der Waals surface area contributed by atoms with Crippen LogP contribution in [0.15, 0.2) is 18.2 Å². The first-order valence-electron chi connectivity index (χ1n) is 6.48. The normalized spacial score (nSPS) is 12.8. The molecule has 0 saturated carbocycles. The summed E-state index contributed by atoms with van der Waals surface area (Å²) >= 11 is 0. The lowest BCUT2D eigenvalue weighted by atomic mass is 10.1. The van der Waals surface area contributed by atoms with Crippen LogP contribution < -0.4 is 4.74 Å². The molecule has 0 aliphatic heterocycles. The van der Waals surface area contributed by atoms with E-state index in [-0.39, 0.29) is 23.6 Å². The number of hydrogen-bond acceptors (Lipinski definition) is 5. The predicted octanol–water partition coefficient (Wildman–Crippen LogP) is 3.45. The van der Waals surface area contributed by atoms with Crippen molar-refractivity contribution in [1.29, 1.82) is 0 Å². The molecule has 1 unspecified atom stereocenters. The van der Waals surface area contributed by atoms with E-state index in [4.69, 9.17) is 14.2 Å². The number of hydrogen-bond donors (Lipinski definition) is 0. The maximum atomic E-state index is 11.0. The van der Waals surface area contributed by atoms with Crippen molar-refractivity contribution in [3.05, 3.63) is 33.9 Å². The third-order valence-corrected chi connectivity index (χ3v) is 2.43. The van der Waals surface area contributed by atoms with Gasteiger partial charge in [0.25, 0.3) is 0 Å². The van der Waals surface area contributed by atoms with Gasteiger partial charge in [-0.05, 0) is 39.8 Å². The first-order valence-corrected chi connectivity index (χ1v) is 6.48. The van der Waals surface area contributed by atoms with Gasteiger partial charge in [0, 0.05) is 18.7 Å². The molecular weight excluding hydrogens is 262 g/mol. The quantitative estimate of drug-likeness (QED) is 0.435. The molecular formula is C14H21NO5. The van der Waals surface area contributed by atoms with Crippen LogP contribution >= 0.6 is 0 Å². The summed E-state index contributed by atoms with van der Waals surface area (Å²) in [5.74, 6) is 0.219. The molecule has 6 nitrogen and oxygen atoms in total. The Morgan fingerprint density at radius 1 is 1.15 bits per heavy atom. The molecule has 1 aromatic carbocycles. The van der Waals surface area contributed by atoms with E-state index in [1.165, 1.54) is 13.2 Å². The minimum Gasteiger partial charge on any atom is -0.484 e. The largest absolute Gasteiger partial charge is 0.484 e. The van der Waals surface area contributed by atoms with E-state index in [0.717, 1.165) is 0 Å². The van der Waals surface area contributed by atoms with Crippen LogP contribution in [0.1, 0.15) is 39.5 Å². The summed E-state index contributed by atoms with van der Waals surface area (Å²) in [7, 11) is 1.53. The second-order valence-corrected chi connectivity index (χ2v) is 4.90. The molecule has 1 rings (SSSR count). The molecule has 1 atom stereocenters. The highest BCUT2D eigenvalue weighted by atomic mass is 16.7. The summed E-state index contributed by atoms with van der Waals surface area (Å²) in [6.07, 6.45) is -0.758. The van der Waals surface area contributed by atoms with Crippen molar-refractivity contribution in [3.63, 3.8) is 0 Å². The van der Waals surface area contributed by atoms with Crippen LogP contribution in [0, 0.1) is 10.1 Å². The van der Waals surface area contributed by atoms with E-state index in [1.54, 1.807) is 12.1 Å². The minimum atomic E-state index is -0.578. The molecule has 0 aliphatic carbocycles. The van der Waals surface area contributed by atoms with Crippen molar-refractivity contribution >= 4 is 5.69 Å². The summed E-state index contributed by atoms with van der Waals surface area (Å²) in [6.45, 7) is 7.41. The standard InChI is InChI=1S/C14H21NO5/c1-9(2)19-13-8-11(6-7-12(13)15(16)17)14(18-5)20-10(3)4/h6-10,14H,1-5H3. The highest BCUT2D eigenvalue weighted by Crippen LogP contribution is 2.32. The zero-order chi connectivity index (χ0) is 15.3. The van der Waals surface area contributed by atoms with Crippen LogP contribution in [-0.4, -0.2) is 24.2 Å². The van der Waals surface area contributed by atoms with E-state index in [0.29, 0.717) is 5.56 Å². The second kappa shape index (κ2) is 7.21. The van der Waals surface area contributed by atoms with Gasteiger partial charge in [-0.2, -0.15) is 0 Å². The molecule has 0 spiro atoms. The van der Waals surface area contributed by atoms with Crippen LogP contribution in [0.3, 0.4) is 0 Å². The average molecular weight is 283 g/mol. The smallest absolute Gasteiger partial charge is 0.310 e. The number of benzene rings is 1. The van der Waals surface area contributed by atoms with E-state index < -0.39 is 11.2 Å². The summed E-state index contributed by atoms with van der Waals surface area (Å²) < 4.78 is 16.4. The molecule has 0 amide bonds. The molecule has 0 aliphatic rings. The number of nitro groups is 1. The first kappa shape index (κ1) is 16.4. The highest BCUT2D eigenvalue weighted by molar-refractivity contribution is 5.48. The number of ether oxygens (including phenoxy) is 3. The van der Waals surface area contributed by atoms with Gasteiger partial charge in [-0.3, -0.25) is 10.1 Å². The maximum absolute atomic E-state index is 11.0. The maximum Gasteiger partial charge on any atom is 0.310 e. The van der Waals surface area contributed by atoms with Crippen molar-refractivity contribution in [1.82, 2.24) is 0 Å². The molecule has 0 N–H and O–H groups in total. The first-order chi connectivity index (χ1) is 9.35. The predicted molar refractivity (Wildman–Crippen MR) is 74.8 cm³/mol. The Labute approximate surface area is 118 Å². The van der Waals surface area contributed by atoms with Gasteiger partial charge in [0.15, 0.2) is 12.0 Å². The molecule has 112 valence electrons. The second-order valence-electron chi connectivity index (χ2n) is 4.90. The number of methoxy groups -OCH3 is 1. The molecule has 0 heterocycles. The molecule has 0 radical (unpaired) electrons. The molecule has 6 heteroatoms. The number of rotatable bonds is 7. The van der Waals surface area contributed by atoms with Gasteiger partial charge >= 0.3 is 5.69 Å². The fourth-order valence-corrected chi connectivity index (χ4v) is 1.69. The van der Waals surface area contributed by atoms with Crippen molar-refractivity contribution in [2.45, 2.75) is 46.2 Å². The zero-order valence-corrected chi connectivity index (χ0v) is 12.5. The highest BCUT2D eigenvalue weighted by Gasteiger charge is 2.21. The molecule has 0 aromatic heterocycles. The van der Waals surface area contributed by atoms with Gasteiger partial charge in [0.2, 0.25) is 0 Å². The minimum absolute atomic E-state index is 0.0235. The van der Waals surface area contributed by atoms with Gasteiger partial charge in [-0.15, -0.1) is 0 Å². The Morgan fingerprint density at radius 2 is 1.80 bits per heavy atom. The van der Waals surface area contributed by atoms with E-state index >= 15 is 0 Å². The Bertz CT molecular complexity index is 459. The van der Waals surface area contributed by atoms with Crippen LogP contribution in [0.25, 0.3) is 0 Å². The Hall–Kier alpha value is -1.66. The van der Waals surface area contributed by atoms with Crippen molar-refractivity contribution in [2.24, 2.45) is 0 Å². The fraction of sp³-hybridized carbons (Fsp3) is 0.571. The number of nitrogens with zero attached hydrogens (tertiary/aromatic N) is 1. The average Bonchev–Trinajstić information content (AvgIpc) is 2.34. The fourth-order valence-electron chi connectivity index (χ4n) is 1.69. The summed E-state index contributed by atoms with van der Waals surface area (Å²) in [6, 6.07) is 4.61. The summed E-state index contributed by atoms with van der Waals surface area (Å²) in [5.41, 5.74) is 0.615. The monoisotopic (exact) mass is 283 g/mol. The van der Waals surface area contributed by atoms with Crippen LogP contribution in [0.4, 0.5) is 5.69 Å². The lowest BCUT2D eigenvalue weighted by Crippen LogP contribution is -2.13. The number of nitro benzene ring substituents is 1. The lowest BCUT2D eigenvalue weighted by Gasteiger charge is -2.20. The molecule has 20 heavy (non-hydrogen) atoms. The Balaban J connectivity index is 3.13. The van der Waals surface area contributed by atoms with Gasteiger partial charge in [-0.1, -0.05) is 0 Å². The van der Waals surface area contributed by atoms with Crippen molar-refractivity contribution in [3.8, 4) is 5.75 Å². The third kappa shape index (κ3) is 4.47. The summed E-state index contributed by atoms with van der Waals surface area (Å²) in [4.78, 5) is 10.5. The van der Waals surface area contributed by atoms with Gasteiger partial charge in [0.05, 0.1) is 17.1 Å².